The Morgan fingerprint density at radius 1 is 0.373 bits per heavy atom. The molecule has 0 aromatic rings. The van der Waals surface area contributed by atoms with Crippen LogP contribution in [0.4, 0.5) is 0 Å². The number of carbonyl (C=O) groups is 3. The van der Waals surface area contributed by atoms with Gasteiger partial charge in [-0.05, 0) is 89.9 Å². The molecular weight excluding hydrogens is 733 g/mol. The van der Waals surface area contributed by atoms with Crippen LogP contribution in [0, 0.1) is 0 Å². The van der Waals surface area contributed by atoms with Crippen LogP contribution in [0.3, 0.4) is 0 Å². The molecule has 0 rings (SSSR count). The van der Waals surface area contributed by atoms with Crippen molar-refractivity contribution in [3.05, 3.63) is 85.1 Å². The van der Waals surface area contributed by atoms with Crippen LogP contribution >= 0.6 is 0 Å². The molecule has 0 aliphatic carbocycles. The molecule has 0 radical (unpaired) electrons. The highest BCUT2D eigenvalue weighted by molar-refractivity contribution is 5.71. The zero-order valence-electron chi connectivity index (χ0n) is 38.2. The SMILES string of the molecule is CC/C=C\C/C=C\CCCCCCCC(=O)OC(COC(=O)CCCCC/C=C\C=C/CCCC)COC(=O)CCCCCCC\C=C/C=C\C=C/CCCCCCC. The Morgan fingerprint density at radius 3 is 1.24 bits per heavy atom. The molecule has 0 bridgehead atoms. The van der Waals surface area contributed by atoms with Crippen LogP contribution in [0.1, 0.15) is 213 Å². The third-order valence-corrected chi connectivity index (χ3v) is 9.94. The molecule has 0 fully saturated rings. The first kappa shape index (κ1) is 55.6. The summed E-state index contributed by atoms with van der Waals surface area (Å²) in [5.74, 6) is -0.970. The molecule has 1 atom stereocenters. The second-order valence-corrected chi connectivity index (χ2v) is 15.7. The molecule has 0 heterocycles. The van der Waals surface area contributed by atoms with Crippen molar-refractivity contribution < 1.29 is 28.6 Å². The maximum absolute atomic E-state index is 12.7. The van der Waals surface area contributed by atoms with Crippen LogP contribution in [0.25, 0.3) is 0 Å². The highest BCUT2D eigenvalue weighted by atomic mass is 16.6. The van der Waals surface area contributed by atoms with E-state index in [2.05, 4.69) is 106 Å². The van der Waals surface area contributed by atoms with Gasteiger partial charge in [-0.2, -0.15) is 0 Å². The maximum atomic E-state index is 12.7. The van der Waals surface area contributed by atoms with E-state index in [0.717, 1.165) is 128 Å². The van der Waals surface area contributed by atoms with E-state index < -0.39 is 6.10 Å². The van der Waals surface area contributed by atoms with Crippen molar-refractivity contribution in [1.82, 2.24) is 0 Å². The molecule has 0 saturated heterocycles. The van der Waals surface area contributed by atoms with Crippen LogP contribution in [0.5, 0.6) is 0 Å². The highest BCUT2D eigenvalue weighted by Crippen LogP contribution is 2.12. The summed E-state index contributed by atoms with van der Waals surface area (Å²) in [5, 5.41) is 0. The fraction of sp³-hybridized carbons (Fsp3) is 0.679. The third-order valence-electron chi connectivity index (χ3n) is 9.94. The van der Waals surface area contributed by atoms with E-state index in [4.69, 9.17) is 14.2 Å². The summed E-state index contributed by atoms with van der Waals surface area (Å²) < 4.78 is 16.7. The van der Waals surface area contributed by atoms with Crippen LogP contribution in [0.2, 0.25) is 0 Å². The molecule has 0 aromatic heterocycles. The van der Waals surface area contributed by atoms with Crippen LogP contribution in [0.15, 0.2) is 85.1 Å². The minimum Gasteiger partial charge on any atom is -0.462 e. The monoisotopic (exact) mass is 821 g/mol. The number of rotatable bonds is 42. The molecular formula is C53H88O6. The Hall–Kier alpha value is -3.41. The van der Waals surface area contributed by atoms with Crippen LogP contribution in [-0.2, 0) is 28.6 Å². The van der Waals surface area contributed by atoms with Gasteiger partial charge in [0.1, 0.15) is 13.2 Å². The lowest BCUT2D eigenvalue weighted by Crippen LogP contribution is -2.30. The molecule has 0 aromatic carbocycles. The van der Waals surface area contributed by atoms with Crippen molar-refractivity contribution in [2.45, 2.75) is 219 Å². The average molecular weight is 821 g/mol. The van der Waals surface area contributed by atoms with E-state index in [-0.39, 0.29) is 31.1 Å². The molecule has 0 N–H and O–H groups in total. The summed E-state index contributed by atoms with van der Waals surface area (Å²) in [6.07, 6.45) is 59.9. The standard InChI is InChI=1S/C53H88O6/c1-4-7-10-13-16-19-22-24-25-26-27-28-29-32-34-37-40-43-46-52(55)58-49-50(48-57-51(54)45-42-39-36-33-30-21-18-15-12-9-6-3)59-53(56)47-44-41-38-35-31-23-20-17-14-11-8-5-2/h8,11,15,17-18,20-22,24-28,30,50H,4-7,9-10,12-14,16,19,23,29,31-49H2,1-3H3/b11-8-,18-15-,20-17-,24-22-,26-25-,28-27-,30-21-. The quantitative estimate of drug-likeness (QED) is 0.0201. The molecule has 59 heavy (non-hydrogen) atoms. The largest absolute Gasteiger partial charge is 0.462 e. The summed E-state index contributed by atoms with van der Waals surface area (Å²) in [5.41, 5.74) is 0. The Morgan fingerprint density at radius 2 is 0.746 bits per heavy atom. The van der Waals surface area contributed by atoms with Gasteiger partial charge >= 0.3 is 17.9 Å². The van der Waals surface area contributed by atoms with Crippen molar-refractivity contribution in [1.29, 1.82) is 0 Å². The van der Waals surface area contributed by atoms with Crippen molar-refractivity contribution in [3.63, 3.8) is 0 Å². The van der Waals surface area contributed by atoms with Gasteiger partial charge in [0.05, 0.1) is 0 Å². The van der Waals surface area contributed by atoms with E-state index in [1.807, 2.05) is 0 Å². The summed E-state index contributed by atoms with van der Waals surface area (Å²) in [4.78, 5) is 37.8. The van der Waals surface area contributed by atoms with Gasteiger partial charge in [-0.25, -0.2) is 0 Å². The number of unbranched alkanes of at least 4 members (excludes halogenated alkanes) is 20. The van der Waals surface area contributed by atoms with Crippen LogP contribution < -0.4 is 0 Å². The molecule has 0 aliphatic rings. The van der Waals surface area contributed by atoms with Gasteiger partial charge in [0.25, 0.3) is 0 Å². The number of ether oxygens (including phenoxy) is 3. The number of hydrogen-bond acceptors (Lipinski definition) is 6. The molecule has 1 unspecified atom stereocenters. The van der Waals surface area contributed by atoms with E-state index in [9.17, 15) is 14.4 Å². The molecule has 0 aliphatic heterocycles. The molecule has 0 saturated carbocycles. The second-order valence-electron chi connectivity index (χ2n) is 15.7. The minimum atomic E-state index is -0.802. The number of allylic oxidation sites excluding steroid dienone is 14. The fourth-order valence-electron chi connectivity index (χ4n) is 6.28. The van der Waals surface area contributed by atoms with Crippen molar-refractivity contribution >= 4 is 17.9 Å². The Kier molecular flexibility index (Phi) is 44.5. The van der Waals surface area contributed by atoms with Crippen LogP contribution in [-0.4, -0.2) is 37.2 Å². The number of esters is 3. The van der Waals surface area contributed by atoms with E-state index in [0.29, 0.717) is 19.3 Å². The predicted molar refractivity (Wildman–Crippen MR) is 251 cm³/mol. The lowest BCUT2D eigenvalue weighted by Gasteiger charge is -2.18. The number of carbonyl (C=O) groups excluding carboxylic acids is 3. The van der Waals surface area contributed by atoms with Gasteiger partial charge < -0.3 is 14.2 Å². The van der Waals surface area contributed by atoms with E-state index >= 15 is 0 Å². The first-order valence-electron chi connectivity index (χ1n) is 24.1. The van der Waals surface area contributed by atoms with Crippen molar-refractivity contribution in [2.75, 3.05) is 13.2 Å². The van der Waals surface area contributed by atoms with Gasteiger partial charge in [0.2, 0.25) is 0 Å². The predicted octanol–water partition coefficient (Wildman–Crippen LogP) is 15.6. The molecule has 0 amide bonds. The average Bonchev–Trinajstić information content (AvgIpc) is 3.23. The van der Waals surface area contributed by atoms with Gasteiger partial charge in [-0.1, -0.05) is 189 Å². The van der Waals surface area contributed by atoms with Gasteiger partial charge in [-0.3, -0.25) is 14.4 Å². The zero-order valence-corrected chi connectivity index (χ0v) is 38.2. The zero-order chi connectivity index (χ0) is 43.0. The molecule has 6 nitrogen and oxygen atoms in total. The molecule has 6 heteroatoms. The summed E-state index contributed by atoms with van der Waals surface area (Å²) in [6.45, 7) is 6.38. The summed E-state index contributed by atoms with van der Waals surface area (Å²) in [6, 6.07) is 0. The van der Waals surface area contributed by atoms with Gasteiger partial charge in [0, 0.05) is 19.3 Å². The topological polar surface area (TPSA) is 78.9 Å². The maximum Gasteiger partial charge on any atom is 0.306 e. The Balaban J connectivity index is 4.45. The lowest BCUT2D eigenvalue weighted by atomic mass is 10.1. The minimum absolute atomic E-state index is 0.103. The van der Waals surface area contributed by atoms with Gasteiger partial charge in [-0.15, -0.1) is 0 Å². The Bertz CT molecular complexity index is 1170. The third kappa shape index (κ3) is 45.5. The number of hydrogen-bond donors (Lipinski definition) is 0. The van der Waals surface area contributed by atoms with Gasteiger partial charge in [0.15, 0.2) is 6.10 Å². The lowest BCUT2D eigenvalue weighted by molar-refractivity contribution is -0.167. The Labute approximate surface area is 363 Å². The smallest absolute Gasteiger partial charge is 0.306 e. The second kappa shape index (κ2) is 47.3. The first-order valence-corrected chi connectivity index (χ1v) is 24.1. The van der Waals surface area contributed by atoms with E-state index in [1.165, 1.54) is 44.9 Å². The molecule has 0 spiro atoms. The summed E-state index contributed by atoms with van der Waals surface area (Å²) >= 11 is 0. The summed E-state index contributed by atoms with van der Waals surface area (Å²) in [7, 11) is 0. The molecule has 336 valence electrons. The van der Waals surface area contributed by atoms with Crippen molar-refractivity contribution in [2.24, 2.45) is 0 Å². The van der Waals surface area contributed by atoms with E-state index in [1.54, 1.807) is 0 Å². The highest BCUT2D eigenvalue weighted by Gasteiger charge is 2.19. The fourth-order valence-corrected chi connectivity index (χ4v) is 6.28. The first-order chi connectivity index (χ1) is 29.0. The normalized spacial score (nSPS) is 12.8. The van der Waals surface area contributed by atoms with Crippen molar-refractivity contribution in [3.8, 4) is 0 Å².